The van der Waals surface area contributed by atoms with Gasteiger partial charge in [-0.25, -0.2) is 9.78 Å². The summed E-state index contributed by atoms with van der Waals surface area (Å²) < 4.78 is 6.44. The number of anilines is 1. The molecule has 0 radical (unpaired) electrons. The number of hydrogen-bond donors (Lipinski definition) is 1. The van der Waals surface area contributed by atoms with E-state index in [2.05, 4.69) is 5.32 Å². The molecule has 5 aromatic rings. The number of carbonyl (C=O) groups is 2. The number of aryl methyl sites for hydroxylation is 1. The molecule has 35 heavy (non-hydrogen) atoms. The Labute approximate surface area is 211 Å². The van der Waals surface area contributed by atoms with Crippen molar-refractivity contribution in [3.8, 4) is 10.6 Å². The maximum atomic E-state index is 13.6. The highest BCUT2D eigenvalue weighted by Gasteiger charge is 2.23. The van der Waals surface area contributed by atoms with E-state index in [9.17, 15) is 9.59 Å². The second-order valence-corrected chi connectivity index (χ2v) is 10.6. The Morgan fingerprint density at radius 2 is 1.74 bits per heavy atom. The molecule has 0 aliphatic heterocycles. The number of ether oxygens (including phenoxy) is 1. The summed E-state index contributed by atoms with van der Waals surface area (Å²) in [5, 5.41) is 5.05. The molecule has 0 fully saturated rings. The van der Waals surface area contributed by atoms with Crippen molar-refractivity contribution >= 4 is 60.5 Å². The molecule has 7 heteroatoms. The summed E-state index contributed by atoms with van der Waals surface area (Å²) in [6.45, 7) is 4.45. The maximum absolute atomic E-state index is 13.6. The number of aromatic nitrogens is 1. The molecule has 5 nitrogen and oxygen atoms in total. The molecule has 0 aliphatic rings. The first-order valence-corrected chi connectivity index (χ1v) is 13.1. The largest absolute Gasteiger partial charge is 0.462 e. The quantitative estimate of drug-likeness (QED) is 0.184. The second-order valence-electron chi connectivity index (χ2n) is 8.23. The number of amides is 1. The molecule has 5 rings (SSSR count). The van der Waals surface area contributed by atoms with Crippen LogP contribution in [0.2, 0.25) is 0 Å². The first kappa shape index (κ1) is 23.2. The Bertz CT molecular complexity index is 1550. The average Bonchev–Trinajstić information content (AvgIpc) is 3.46. The van der Waals surface area contributed by atoms with Gasteiger partial charge >= 0.3 is 5.97 Å². The van der Waals surface area contributed by atoms with Crippen molar-refractivity contribution in [2.45, 2.75) is 26.7 Å². The number of fused-ring (bicyclic) bond motifs is 2. The molecule has 0 saturated carbocycles. The summed E-state index contributed by atoms with van der Waals surface area (Å²) in [4.78, 5) is 33.6. The van der Waals surface area contributed by atoms with Gasteiger partial charge in [-0.2, -0.15) is 0 Å². The van der Waals surface area contributed by atoms with E-state index in [1.807, 2.05) is 80.6 Å². The first-order valence-electron chi connectivity index (χ1n) is 11.5. The van der Waals surface area contributed by atoms with Crippen LogP contribution in [0, 0.1) is 6.92 Å². The van der Waals surface area contributed by atoms with Crippen molar-refractivity contribution in [3.05, 3.63) is 82.7 Å². The molecule has 3 heterocycles. The van der Waals surface area contributed by atoms with Gasteiger partial charge in [-0.05, 0) is 43.7 Å². The molecule has 0 unspecified atom stereocenters. The maximum Gasteiger partial charge on any atom is 0.341 e. The zero-order valence-electron chi connectivity index (χ0n) is 19.5. The van der Waals surface area contributed by atoms with Crippen LogP contribution in [0.5, 0.6) is 0 Å². The van der Waals surface area contributed by atoms with Crippen molar-refractivity contribution in [1.29, 1.82) is 0 Å². The van der Waals surface area contributed by atoms with E-state index < -0.39 is 5.97 Å². The van der Waals surface area contributed by atoms with E-state index in [-0.39, 0.29) is 5.91 Å². The standard InChI is InChI=1S/C28H24N2O3S2/c1-3-4-15-33-28(32)25-19-10-6-8-12-23(19)35-27(25)30-26(31)20-16-22(24-14-13-17(2)34-24)29-21-11-7-5-9-18(20)21/h5-14,16H,3-4,15H2,1-2H3,(H,30,31). The van der Waals surface area contributed by atoms with Crippen LogP contribution in [-0.2, 0) is 4.74 Å². The van der Waals surface area contributed by atoms with Crippen LogP contribution in [-0.4, -0.2) is 23.5 Å². The Morgan fingerprint density at radius 3 is 2.51 bits per heavy atom. The third-order valence-corrected chi connectivity index (χ3v) is 7.82. The molecule has 0 aliphatic carbocycles. The normalized spacial score (nSPS) is 11.1. The van der Waals surface area contributed by atoms with Crippen molar-refractivity contribution < 1.29 is 14.3 Å². The minimum absolute atomic E-state index is 0.285. The molecule has 0 saturated heterocycles. The van der Waals surface area contributed by atoms with Crippen LogP contribution in [0.1, 0.15) is 45.4 Å². The van der Waals surface area contributed by atoms with E-state index in [0.29, 0.717) is 22.7 Å². The van der Waals surface area contributed by atoms with Crippen molar-refractivity contribution in [3.63, 3.8) is 0 Å². The number of esters is 1. The van der Waals surface area contributed by atoms with Crippen LogP contribution in [0.4, 0.5) is 5.00 Å². The van der Waals surface area contributed by atoms with Gasteiger partial charge in [0.1, 0.15) is 10.6 Å². The van der Waals surface area contributed by atoms with Gasteiger partial charge in [-0.1, -0.05) is 49.7 Å². The highest BCUT2D eigenvalue weighted by Crippen LogP contribution is 2.37. The van der Waals surface area contributed by atoms with Crippen LogP contribution in [0.25, 0.3) is 31.6 Å². The minimum Gasteiger partial charge on any atom is -0.462 e. The van der Waals surface area contributed by atoms with E-state index in [4.69, 9.17) is 9.72 Å². The van der Waals surface area contributed by atoms with E-state index >= 15 is 0 Å². The third kappa shape index (κ3) is 4.70. The van der Waals surface area contributed by atoms with Gasteiger partial charge in [0, 0.05) is 20.3 Å². The molecular formula is C28H24N2O3S2. The van der Waals surface area contributed by atoms with E-state index in [0.717, 1.165) is 44.4 Å². The molecule has 2 aromatic carbocycles. The molecule has 0 spiro atoms. The van der Waals surface area contributed by atoms with Gasteiger partial charge in [0.2, 0.25) is 0 Å². The Morgan fingerprint density at radius 1 is 0.971 bits per heavy atom. The van der Waals surface area contributed by atoms with Crippen molar-refractivity contribution in [1.82, 2.24) is 4.98 Å². The number of unbranched alkanes of at least 4 members (excludes halogenated alkanes) is 1. The lowest BCUT2D eigenvalue weighted by atomic mass is 10.1. The van der Waals surface area contributed by atoms with Crippen LogP contribution < -0.4 is 5.32 Å². The smallest absolute Gasteiger partial charge is 0.341 e. The van der Waals surface area contributed by atoms with E-state index in [1.54, 1.807) is 11.3 Å². The fourth-order valence-corrected chi connectivity index (χ4v) is 5.86. The van der Waals surface area contributed by atoms with Gasteiger partial charge in [-0.3, -0.25) is 4.79 Å². The number of thiophene rings is 2. The monoisotopic (exact) mass is 500 g/mol. The summed E-state index contributed by atoms with van der Waals surface area (Å²) >= 11 is 3.02. The first-order chi connectivity index (χ1) is 17.0. The fourth-order valence-electron chi connectivity index (χ4n) is 3.95. The lowest BCUT2D eigenvalue weighted by Gasteiger charge is -2.11. The number of para-hydroxylation sites is 1. The highest BCUT2D eigenvalue weighted by atomic mass is 32.1. The van der Waals surface area contributed by atoms with Crippen LogP contribution in [0.3, 0.4) is 0 Å². The topological polar surface area (TPSA) is 68.3 Å². The van der Waals surface area contributed by atoms with Gasteiger partial charge in [0.25, 0.3) is 5.91 Å². The Balaban J connectivity index is 1.56. The van der Waals surface area contributed by atoms with E-state index in [1.165, 1.54) is 16.2 Å². The molecule has 1 N–H and O–H groups in total. The van der Waals surface area contributed by atoms with Gasteiger partial charge in [0.15, 0.2) is 0 Å². The lowest BCUT2D eigenvalue weighted by Crippen LogP contribution is -2.15. The number of rotatable bonds is 7. The summed E-state index contributed by atoms with van der Waals surface area (Å²) in [7, 11) is 0. The Hall–Kier alpha value is -3.55. The van der Waals surface area contributed by atoms with Crippen LogP contribution >= 0.6 is 22.7 Å². The fraction of sp³-hybridized carbons (Fsp3) is 0.179. The summed E-state index contributed by atoms with van der Waals surface area (Å²) in [5.41, 5.74) is 2.42. The summed E-state index contributed by atoms with van der Waals surface area (Å²) in [6.07, 6.45) is 1.73. The number of hydrogen-bond acceptors (Lipinski definition) is 6. The number of pyridine rings is 1. The Kier molecular flexibility index (Phi) is 6.61. The van der Waals surface area contributed by atoms with Gasteiger partial charge in [-0.15, -0.1) is 22.7 Å². The number of nitrogens with one attached hydrogen (secondary N) is 1. The molecule has 176 valence electrons. The van der Waals surface area contributed by atoms with Crippen LogP contribution in [0.15, 0.2) is 66.7 Å². The average molecular weight is 501 g/mol. The molecule has 3 aromatic heterocycles. The van der Waals surface area contributed by atoms with Gasteiger partial charge < -0.3 is 10.1 Å². The summed E-state index contributed by atoms with van der Waals surface area (Å²) in [5.74, 6) is -0.701. The number of nitrogens with zero attached hydrogens (tertiary/aromatic N) is 1. The van der Waals surface area contributed by atoms with Crippen molar-refractivity contribution in [2.75, 3.05) is 11.9 Å². The molecular weight excluding hydrogens is 476 g/mol. The minimum atomic E-state index is -0.416. The number of carbonyl (C=O) groups excluding carboxylic acids is 2. The lowest BCUT2D eigenvalue weighted by molar-refractivity contribution is 0.0503. The predicted molar refractivity (Wildman–Crippen MR) is 145 cm³/mol. The second kappa shape index (κ2) is 9.98. The third-order valence-electron chi connectivity index (χ3n) is 5.71. The SMILES string of the molecule is CCCCOC(=O)c1c(NC(=O)c2cc(-c3ccc(C)s3)nc3ccccc23)sc2ccccc12. The number of benzene rings is 2. The zero-order chi connectivity index (χ0) is 24.4. The van der Waals surface area contributed by atoms with Crippen molar-refractivity contribution in [2.24, 2.45) is 0 Å². The highest BCUT2D eigenvalue weighted by molar-refractivity contribution is 7.23. The predicted octanol–water partition coefficient (Wildman–Crippen LogP) is 7.70. The molecule has 0 atom stereocenters. The molecule has 1 amide bonds. The molecule has 0 bridgehead atoms. The zero-order valence-corrected chi connectivity index (χ0v) is 21.1. The van der Waals surface area contributed by atoms with Gasteiger partial charge in [0.05, 0.1) is 28.3 Å². The summed E-state index contributed by atoms with van der Waals surface area (Å²) in [6, 6.07) is 21.1.